The number of thioether (sulfide) groups is 1. The Kier molecular flexibility index (Phi) is 5.73. The van der Waals surface area contributed by atoms with Gasteiger partial charge in [-0.05, 0) is 19.6 Å². The molecule has 0 aromatic carbocycles. The van der Waals surface area contributed by atoms with E-state index in [4.69, 9.17) is 10.5 Å². The molecule has 0 bridgehead atoms. The Hall–Kier alpha value is -1.34. The van der Waals surface area contributed by atoms with Crippen molar-refractivity contribution in [2.75, 3.05) is 19.5 Å². The molecule has 1 fully saturated rings. The fourth-order valence-corrected chi connectivity index (χ4v) is 3.74. The molecule has 27 heavy (non-hydrogen) atoms. The molecule has 0 radical (unpaired) electrons. The third kappa shape index (κ3) is 3.44. The number of hydrogen-bond donors (Lipinski definition) is 5. The summed E-state index contributed by atoms with van der Waals surface area (Å²) in [6.07, 6.45) is -3.41. The van der Waals surface area contributed by atoms with Gasteiger partial charge < -0.3 is 30.1 Å². The summed E-state index contributed by atoms with van der Waals surface area (Å²) in [5, 5.41) is 40.7. The molecule has 6 atom stereocenters. The second-order valence-corrected chi connectivity index (χ2v) is 7.66. The summed E-state index contributed by atoms with van der Waals surface area (Å²) in [5.74, 6) is 0.326. The number of hydrogen-bond acceptors (Lipinski definition) is 11. The monoisotopic (exact) mass is 399 g/mol. The van der Waals surface area contributed by atoms with Crippen molar-refractivity contribution in [3.63, 3.8) is 0 Å². The first-order valence-corrected chi connectivity index (χ1v) is 9.73. The molecule has 11 heteroatoms. The first-order chi connectivity index (χ1) is 12.7. The third-order valence-corrected chi connectivity index (χ3v) is 5.33. The topological polar surface area (TPSA) is 156 Å². The minimum absolute atomic E-state index is 0.0662. The zero-order valence-corrected chi connectivity index (χ0v) is 16.0. The smallest absolute Gasteiger partial charge is 0.187 e. The molecule has 6 N–H and O–H groups in total. The van der Waals surface area contributed by atoms with Gasteiger partial charge >= 0.3 is 0 Å². The van der Waals surface area contributed by atoms with Gasteiger partial charge in [0.25, 0.3) is 0 Å². The van der Waals surface area contributed by atoms with Crippen LogP contribution in [0.5, 0.6) is 0 Å². The van der Waals surface area contributed by atoms with E-state index in [1.54, 1.807) is 18.1 Å². The Balaban J connectivity index is 1.93. The van der Waals surface area contributed by atoms with Crippen molar-refractivity contribution < 1.29 is 25.2 Å². The van der Waals surface area contributed by atoms with E-state index in [1.165, 1.54) is 11.8 Å². The van der Waals surface area contributed by atoms with E-state index in [-0.39, 0.29) is 18.8 Å². The lowest BCUT2D eigenvalue weighted by Gasteiger charge is -2.36. The van der Waals surface area contributed by atoms with E-state index in [0.717, 1.165) is 5.57 Å². The SMILES string of the molecule is C=C(C)CC(O)C1(N)N=C(SC)N=C2C1=NCN2[C@@H]1O[C@H](CO)[C@@H](O)[C@H]1O. The Labute approximate surface area is 161 Å². The van der Waals surface area contributed by atoms with Crippen LogP contribution in [0, 0.1) is 0 Å². The lowest BCUT2D eigenvalue weighted by atomic mass is 9.92. The van der Waals surface area contributed by atoms with Gasteiger partial charge in [0, 0.05) is 0 Å². The van der Waals surface area contributed by atoms with Gasteiger partial charge in [-0.1, -0.05) is 17.3 Å². The third-order valence-electron chi connectivity index (χ3n) is 4.78. The number of amidine groups is 2. The van der Waals surface area contributed by atoms with Gasteiger partial charge in [-0.15, -0.1) is 6.58 Å². The second-order valence-electron chi connectivity index (χ2n) is 6.88. The zero-order valence-electron chi connectivity index (χ0n) is 15.2. The van der Waals surface area contributed by atoms with Gasteiger partial charge in [0.15, 0.2) is 22.9 Å². The quantitative estimate of drug-likeness (QED) is 0.341. The molecule has 0 aromatic heterocycles. The van der Waals surface area contributed by atoms with Crippen molar-refractivity contribution >= 4 is 28.5 Å². The molecular formula is C16H25N5O5S. The largest absolute Gasteiger partial charge is 0.394 e. The van der Waals surface area contributed by atoms with Crippen LogP contribution < -0.4 is 5.73 Å². The van der Waals surface area contributed by atoms with Crippen LogP contribution in [0.25, 0.3) is 0 Å². The van der Waals surface area contributed by atoms with Crippen LogP contribution in [0.4, 0.5) is 0 Å². The average molecular weight is 399 g/mol. The number of ether oxygens (including phenoxy) is 1. The number of aliphatic hydroxyl groups excluding tert-OH is 4. The summed E-state index contributed by atoms with van der Waals surface area (Å²) in [6.45, 7) is 5.22. The number of nitrogens with zero attached hydrogens (tertiary/aromatic N) is 4. The molecule has 3 aliphatic rings. The maximum Gasteiger partial charge on any atom is 0.187 e. The minimum atomic E-state index is -1.51. The molecule has 3 rings (SSSR count). The highest BCUT2D eigenvalue weighted by molar-refractivity contribution is 8.13. The van der Waals surface area contributed by atoms with Gasteiger partial charge in [-0.25, -0.2) is 9.98 Å². The first kappa shape index (κ1) is 20.4. The van der Waals surface area contributed by atoms with Crippen molar-refractivity contribution in [1.29, 1.82) is 0 Å². The molecular weight excluding hydrogens is 374 g/mol. The minimum Gasteiger partial charge on any atom is -0.394 e. The fourth-order valence-electron chi connectivity index (χ4n) is 3.32. The van der Waals surface area contributed by atoms with E-state index in [9.17, 15) is 20.4 Å². The molecule has 2 unspecified atom stereocenters. The van der Waals surface area contributed by atoms with Crippen LogP contribution in [0.15, 0.2) is 27.1 Å². The molecule has 0 amide bonds. The number of fused-ring (bicyclic) bond motifs is 1. The van der Waals surface area contributed by atoms with Gasteiger partial charge in [0.1, 0.15) is 36.8 Å². The molecule has 0 spiro atoms. The molecule has 10 nitrogen and oxygen atoms in total. The van der Waals surface area contributed by atoms with Crippen molar-refractivity contribution in [3.05, 3.63) is 12.2 Å². The molecule has 0 aliphatic carbocycles. The lowest BCUT2D eigenvalue weighted by Crippen LogP contribution is -2.61. The summed E-state index contributed by atoms with van der Waals surface area (Å²) in [6, 6.07) is 0. The molecule has 0 saturated carbocycles. The molecule has 3 aliphatic heterocycles. The Bertz CT molecular complexity index is 713. The first-order valence-electron chi connectivity index (χ1n) is 8.51. The second kappa shape index (κ2) is 7.59. The molecule has 150 valence electrons. The van der Waals surface area contributed by atoms with Crippen LogP contribution in [0.3, 0.4) is 0 Å². The van der Waals surface area contributed by atoms with E-state index >= 15 is 0 Å². The van der Waals surface area contributed by atoms with Gasteiger partial charge in [-0.3, -0.25) is 10.7 Å². The fraction of sp³-hybridized carbons (Fsp3) is 0.688. The lowest BCUT2D eigenvalue weighted by molar-refractivity contribution is -0.0688. The van der Waals surface area contributed by atoms with Crippen LogP contribution in [0.1, 0.15) is 13.3 Å². The van der Waals surface area contributed by atoms with Gasteiger partial charge in [0.05, 0.1) is 6.61 Å². The maximum absolute atomic E-state index is 10.7. The van der Waals surface area contributed by atoms with Gasteiger partial charge in [0.2, 0.25) is 0 Å². The zero-order chi connectivity index (χ0) is 19.9. The number of aliphatic hydroxyl groups is 4. The summed E-state index contributed by atoms with van der Waals surface area (Å²) in [7, 11) is 0. The standard InChI is InChI=1S/C16H25N5O5S/c1-7(2)4-9(23)16(17)12-13(19-15(20-16)27-3)21(6-18-12)14-11(25)10(24)8(5-22)26-14/h8-11,14,22-25H,1,4-6,17H2,2-3H3/t8-,9?,10-,11-,14-,16?/m1/s1. The summed E-state index contributed by atoms with van der Waals surface area (Å²) in [5.41, 5.74) is 5.97. The summed E-state index contributed by atoms with van der Waals surface area (Å²) < 4.78 is 5.59. The Morgan fingerprint density at radius 1 is 1.48 bits per heavy atom. The van der Waals surface area contributed by atoms with Crippen LogP contribution in [-0.4, -0.2) is 97.9 Å². The van der Waals surface area contributed by atoms with Crippen LogP contribution >= 0.6 is 11.8 Å². The number of rotatable bonds is 5. The highest BCUT2D eigenvalue weighted by Crippen LogP contribution is 2.32. The Morgan fingerprint density at radius 3 is 2.74 bits per heavy atom. The van der Waals surface area contributed by atoms with E-state index < -0.39 is 42.9 Å². The maximum atomic E-state index is 10.7. The highest BCUT2D eigenvalue weighted by atomic mass is 32.2. The predicted molar refractivity (Wildman–Crippen MR) is 103 cm³/mol. The van der Waals surface area contributed by atoms with E-state index in [1.807, 2.05) is 0 Å². The number of aliphatic imine (C=N–C) groups is 3. The van der Waals surface area contributed by atoms with Crippen molar-refractivity contribution in [2.45, 2.75) is 49.7 Å². The van der Waals surface area contributed by atoms with E-state index in [0.29, 0.717) is 11.0 Å². The summed E-state index contributed by atoms with van der Waals surface area (Å²) in [4.78, 5) is 14.8. The molecule has 1 saturated heterocycles. The van der Waals surface area contributed by atoms with Crippen LogP contribution in [-0.2, 0) is 4.74 Å². The summed E-state index contributed by atoms with van der Waals surface area (Å²) >= 11 is 1.26. The number of nitrogens with two attached hydrogens (primary N) is 1. The predicted octanol–water partition coefficient (Wildman–Crippen LogP) is -1.75. The molecule has 3 heterocycles. The van der Waals surface area contributed by atoms with Crippen molar-refractivity contribution in [2.24, 2.45) is 20.7 Å². The molecule has 0 aromatic rings. The van der Waals surface area contributed by atoms with Crippen LogP contribution in [0.2, 0.25) is 0 Å². The van der Waals surface area contributed by atoms with E-state index in [2.05, 4.69) is 21.6 Å². The van der Waals surface area contributed by atoms with Gasteiger partial charge in [-0.2, -0.15) is 0 Å². The Morgan fingerprint density at radius 2 is 2.19 bits per heavy atom. The van der Waals surface area contributed by atoms with Crippen molar-refractivity contribution in [3.8, 4) is 0 Å². The average Bonchev–Trinajstić information content (AvgIpc) is 3.16. The van der Waals surface area contributed by atoms with Crippen molar-refractivity contribution in [1.82, 2.24) is 4.90 Å². The highest BCUT2D eigenvalue weighted by Gasteiger charge is 2.53. The normalized spacial score (nSPS) is 36.9.